The molecule has 1 rings (SSSR count). The zero-order valence-corrected chi connectivity index (χ0v) is 9.19. The van der Waals surface area contributed by atoms with Crippen molar-refractivity contribution in [2.75, 3.05) is 19.4 Å². The Morgan fingerprint density at radius 3 is 2.88 bits per heavy atom. The fourth-order valence-corrected chi connectivity index (χ4v) is 1.18. The van der Waals surface area contributed by atoms with E-state index >= 15 is 0 Å². The van der Waals surface area contributed by atoms with Gasteiger partial charge in [-0.05, 0) is 6.92 Å². The van der Waals surface area contributed by atoms with Gasteiger partial charge in [0.2, 0.25) is 5.91 Å². The average molecular weight is 226 g/mol. The molecule has 0 saturated heterocycles. The first-order chi connectivity index (χ1) is 7.60. The van der Waals surface area contributed by atoms with Gasteiger partial charge in [0.1, 0.15) is 12.4 Å². The highest BCUT2D eigenvalue weighted by Crippen LogP contribution is 2.10. The molecule has 1 aromatic rings. The van der Waals surface area contributed by atoms with Gasteiger partial charge in [0.25, 0.3) is 0 Å². The molecule has 0 fully saturated rings. The number of ether oxygens (including phenoxy) is 1. The molecule has 0 aliphatic carbocycles. The largest absolute Gasteiger partial charge is 0.464 e. The number of carbonyl (C=O) groups is 2. The number of hydrogen-bond acceptors (Lipinski definition) is 5. The molecule has 1 heterocycles. The standard InChI is InChI=1S/C9H14N4O3/c1-3-11-6(14)4-13-5-12-7(8(13)10)9(15)16-2/h5H,3-4,10H2,1-2H3,(H,11,14). The maximum absolute atomic E-state index is 11.3. The molecule has 0 aromatic carbocycles. The van der Waals surface area contributed by atoms with Crippen LogP contribution < -0.4 is 11.1 Å². The molecule has 0 atom stereocenters. The molecular weight excluding hydrogens is 212 g/mol. The van der Waals surface area contributed by atoms with E-state index in [9.17, 15) is 9.59 Å². The number of likely N-dealkylation sites (N-methyl/N-ethyl adjacent to an activating group) is 1. The fourth-order valence-electron chi connectivity index (χ4n) is 1.18. The summed E-state index contributed by atoms with van der Waals surface area (Å²) in [4.78, 5) is 26.2. The van der Waals surface area contributed by atoms with Gasteiger partial charge in [-0.3, -0.25) is 4.79 Å². The molecular formula is C9H14N4O3. The van der Waals surface area contributed by atoms with Gasteiger partial charge in [0.15, 0.2) is 5.69 Å². The van der Waals surface area contributed by atoms with Crippen LogP contribution in [-0.2, 0) is 16.1 Å². The molecule has 0 unspecified atom stereocenters. The number of nitrogens with zero attached hydrogens (tertiary/aromatic N) is 2. The number of hydrogen-bond donors (Lipinski definition) is 2. The summed E-state index contributed by atoms with van der Waals surface area (Å²) in [5.41, 5.74) is 5.66. The molecule has 0 aliphatic rings. The highest BCUT2D eigenvalue weighted by atomic mass is 16.5. The third-order valence-corrected chi connectivity index (χ3v) is 1.94. The molecule has 0 radical (unpaired) electrons. The summed E-state index contributed by atoms with van der Waals surface area (Å²) in [5.74, 6) is -0.687. The first-order valence-electron chi connectivity index (χ1n) is 4.75. The Balaban J connectivity index is 2.80. The maximum Gasteiger partial charge on any atom is 0.360 e. The topological polar surface area (TPSA) is 99.2 Å². The van der Waals surface area contributed by atoms with Crippen molar-refractivity contribution in [3.63, 3.8) is 0 Å². The first kappa shape index (κ1) is 12.0. The van der Waals surface area contributed by atoms with Gasteiger partial charge in [-0.2, -0.15) is 0 Å². The zero-order chi connectivity index (χ0) is 12.1. The lowest BCUT2D eigenvalue weighted by atomic mass is 10.4. The number of methoxy groups -OCH3 is 1. The van der Waals surface area contributed by atoms with E-state index in [1.807, 2.05) is 6.92 Å². The van der Waals surface area contributed by atoms with Gasteiger partial charge < -0.3 is 20.4 Å². The number of amides is 1. The Morgan fingerprint density at radius 1 is 1.62 bits per heavy atom. The summed E-state index contributed by atoms with van der Waals surface area (Å²) in [6, 6.07) is 0. The summed E-state index contributed by atoms with van der Waals surface area (Å²) in [5, 5.41) is 2.61. The third-order valence-electron chi connectivity index (χ3n) is 1.94. The summed E-state index contributed by atoms with van der Waals surface area (Å²) < 4.78 is 5.87. The Hall–Kier alpha value is -2.05. The van der Waals surface area contributed by atoms with Crippen molar-refractivity contribution in [2.24, 2.45) is 0 Å². The monoisotopic (exact) mass is 226 g/mol. The van der Waals surface area contributed by atoms with E-state index in [1.54, 1.807) is 0 Å². The number of carbonyl (C=O) groups excluding carboxylic acids is 2. The van der Waals surface area contributed by atoms with Crippen molar-refractivity contribution in [1.29, 1.82) is 0 Å². The van der Waals surface area contributed by atoms with Crippen LogP contribution in [0.15, 0.2) is 6.33 Å². The van der Waals surface area contributed by atoms with Crippen molar-refractivity contribution < 1.29 is 14.3 Å². The van der Waals surface area contributed by atoms with Crippen molar-refractivity contribution >= 4 is 17.7 Å². The third kappa shape index (κ3) is 2.50. The van der Waals surface area contributed by atoms with Crippen LogP contribution in [0.5, 0.6) is 0 Å². The highest BCUT2D eigenvalue weighted by molar-refractivity contribution is 5.92. The minimum Gasteiger partial charge on any atom is -0.464 e. The van der Waals surface area contributed by atoms with Crippen molar-refractivity contribution in [2.45, 2.75) is 13.5 Å². The molecule has 88 valence electrons. The molecule has 7 nitrogen and oxygen atoms in total. The maximum atomic E-state index is 11.3. The second kappa shape index (κ2) is 5.15. The summed E-state index contributed by atoms with van der Waals surface area (Å²) in [6.45, 7) is 2.38. The quantitative estimate of drug-likeness (QED) is 0.667. The van der Waals surface area contributed by atoms with E-state index in [2.05, 4.69) is 15.0 Å². The smallest absolute Gasteiger partial charge is 0.360 e. The van der Waals surface area contributed by atoms with E-state index in [1.165, 1.54) is 18.0 Å². The Kier molecular flexibility index (Phi) is 3.87. The molecule has 0 bridgehead atoms. The SMILES string of the molecule is CCNC(=O)Cn1cnc(C(=O)OC)c1N. The van der Waals surface area contributed by atoms with Gasteiger partial charge in [0, 0.05) is 6.54 Å². The van der Waals surface area contributed by atoms with Gasteiger partial charge in [-0.15, -0.1) is 0 Å². The molecule has 7 heteroatoms. The van der Waals surface area contributed by atoms with Crippen molar-refractivity contribution in [3.8, 4) is 0 Å². The number of nitrogens with two attached hydrogens (primary N) is 1. The predicted molar refractivity (Wildman–Crippen MR) is 56.7 cm³/mol. The van der Waals surface area contributed by atoms with Crippen LogP contribution in [0.2, 0.25) is 0 Å². The fraction of sp³-hybridized carbons (Fsp3) is 0.444. The number of nitrogens with one attached hydrogen (secondary N) is 1. The second-order valence-electron chi connectivity index (χ2n) is 3.05. The normalized spacial score (nSPS) is 9.88. The lowest BCUT2D eigenvalue weighted by Crippen LogP contribution is -2.27. The van der Waals surface area contributed by atoms with Crippen molar-refractivity contribution in [3.05, 3.63) is 12.0 Å². The minimum absolute atomic E-state index is 0.0202. The van der Waals surface area contributed by atoms with E-state index in [4.69, 9.17) is 5.73 Å². The summed E-state index contributed by atoms with van der Waals surface area (Å²) >= 11 is 0. The van der Waals surface area contributed by atoms with Gasteiger partial charge >= 0.3 is 5.97 Å². The van der Waals surface area contributed by atoms with E-state index in [0.29, 0.717) is 6.54 Å². The predicted octanol–water partition coefficient (Wildman–Crippen LogP) is -0.612. The van der Waals surface area contributed by atoms with Crippen LogP contribution in [0, 0.1) is 0 Å². The second-order valence-corrected chi connectivity index (χ2v) is 3.05. The van der Waals surface area contributed by atoms with Crippen LogP contribution in [0.1, 0.15) is 17.4 Å². The Morgan fingerprint density at radius 2 is 2.31 bits per heavy atom. The van der Waals surface area contributed by atoms with Gasteiger partial charge in [0.05, 0.1) is 13.4 Å². The zero-order valence-electron chi connectivity index (χ0n) is 9.19. The van der Waals surface area contributed by atoms with Crippen LogP contribution in [0.25, 0.3) is 0 Å². The Labute approximate surface area is 92.6 Å². The lowest BCUT2D eigenvalue weighted by molar-refractivity contribution is -0.121. The van der Waals surface area contributed by atoms with Crippen LogP contribution >= 0.6 is 0 Å². The van der Waals surface area contributed by atoms with E-state index in [-0.39, 0.29) is 24.0 Å². The number of imidazole rings is 1. The first-order valence-corrected chi connectivity index (χ1v) is 4.75. The van der Waals surface area contributed by atoms with Crippen LogP contribution in [0.3, 0.4) is 0 Å². The van der Waals surface area contributed by atoms with E-state index in [0.717, 1.165) is 0 Å². The molecule has 1 amide bonds. The minimum atomic E-state index is -0.618. The molecule has 1 aromatic heterocycles. The number of rotatable bonds is 4. The van der Waals surface area contributed by atoms with Crippen LogP contribution in [-0.4, -0.2) is 35.1 Å². The molecule has 3 N–H and O–H groups in total. The number of aromatic nitrogens is 2. The summed E-state index contributed by atoms with van der Waals surface area (Å²) in [7, 11) is 1.24. The van der Waals surface area contributed by atoms with Crippen LogP contribution in [0.4, 0.5) is 5.82 Å². The summed E-state index contributed by atoms with van der Waals surface area (Å²) in [6.07, 6.45) is 1.33. The van der Waals surface area contributed by atoms with Crippen molar-refractivity contribution in [1.82, 2.24) is 14.9 Å². The number of esters is 1. The lowest BCUT2D eigenvalue weighted by Gasteiger charge is -2.05. The molecule has 0 aliphatic heterocycles. The highest BCUT2D eigenvalue weighted by Gasteiger charge is 2.16. The number of nitrogen functional groups attached to an aromatic ring is 1. The van der Waals surface area contributed by atoms with Gasteiger partial charge in [-0.1, -0.05) is 0 Å². The molecule has 0 saturated carbocycles. The Bertz CT molecular complexity index is 399. The van der Waals surface area contributed by atoms with Gasteiger partial charge in [-0.25, -0.2) is 9.78 Å². The van der Waals surface area contributed by atoms with E-state index < -0.39 is 5.97 Å². The average Bonchev–Trinajstić information content (AvgIpc) is 2.60. The molecule has 16 heavy (non-hydrogen) atoms. The molecule has 0 spiro atoms. The number of anilines is 1.